The highest BCUT2D eigenvalue weighted by atomic mass is 16.3. The SMILES string of the molecule is CN/C(C)=C(/O)N=N. The standard InChI is InChI=1S/C4H9N3O/c1-3(6-2)4(8)7-5/h5-6,8H,1-2H3/b4-3+,7-5?. The van der Waals surface area contributed by atoms with Crippen LogP contribution >= 0.6 is 0 Å². The van der Waals surface area contributed by atoms with Crippen molar-refractivity contribution in [3.8, 4) is 0 Å². The molecule has 0 heterocycles. The zero-order valence-electron chi connectivity index (χ0n) is 4.89. The fourth-order valence-electron chi connectivity index (χ4n) is 0.196. The molecule has 0 aromatic carbocycles. The third-order valence-electron chi connectivity index (χ3n) is 0.816. The fraction of sp³-hybridized carbons (Fsp3) is 0.500. The van der Waals surface area contributed by atoms with Crippen LogP contribution in [-0.2, 0) is 0 Å². The van der Waals surface area contributed by atoms with Crippen LogP contribution in [0.1, 0.15) is 6.92 Å². The van der Waals surface area contributed by atoms with Crippen LogP contribution in [0, 0.1) is 5.53 Å². The second kappa shape index (κ2) is 3.01. The summed E-state index contributed by atoms with van der Waals surface area (Å²) in [6.07, 6.45) is 0. The molecule has 0 aromatic heterocycles. The van der Waals surface area contributed by atoms with Crippen molar-refractivity contribution in [1.82, 2.24) is 5.32 Å². The lowest BCUT2D eigenvalue weighted by molar-refractivity contribution is 0.384. The Balaban J connectivity index is 4.03. The molecule has 46 valence electrons. The molecule has 0 saturated heterocycles. The molecule has 0 aliphatic carbocycles. The predicted octanol–water partition coefficient (Wildman–Crippen LogP) is 0.984. The molecular formula is C4H9N3O. The molecule has 3 N–H and O–H groups in total. The van der Waals surface area contributed by atoms with E-state index in [1.807, 2.05) is 0 Å². The lowest BCUT2D eigenvalue weighted by Crippen LogP contribution is -2.03. The second-order valence-electron chi connectivity index (χ2n) is 1.31. The summed E-state index contributed by atoms with van der Waals surface area (Å²) >= 11 is 0. The summed E-state index contributed by atoms with van der Waals surface area (Å²) < 4.78 is 0. The third kappa shape index (κ3) is 1.59. The van der Waals surface area contributed by atoms with E-state index >= 15 is 0 Å². The quantitative estimate of drug-likeness (QED) is 0.371. The van der Waals surface area contributed by atoms with Crippen molar-refractivity contribution in [2.24, 2.45) is 5.11 Å². The molecule has 0 aromatic rings. The van der Waals surface area contributed by atoms with Crippen molar-refractivity contribution in [1.29, 1.82) is 5.53 Å². The topological polar surface area (TPSA) is 68.5 Å². The van der Waals surface area contributed by atoms with E-state index in [9.17, 15) is 0 Å². The highest BCUT2D eigenvalue weighted by molar-refractivity contribution is 4.97. The maximum absolute atomic E-state index is 8.59. The van der Waals surface area contributed by atoms with Crippen LogP contribution in [0.15, 0.2) is 16.7 Å². The van der Waals surface area contributed by atoms with Crippen LogP contribution in [0.3, 0.4) is 0 Å². The molecule has 0 radical (unpaired) electrons. The average Bonchev–Trinajstić information content (AvgIpc) is 1.84. The Morgan fingerprint density at radius 1 is 1.75 bits per heavy atom. The number of aliphatic hydroxyl groups excluding tert-OH is 1. The van der Waals surface area contributed by atoms with E-state index in [0.717, 1.165) is 0 Å². The van der Waals surface area contributed by atoms with Crippen molar-refractivity contribution in [3.05, 3.63) is 11.6 Å². The Morgan fingerprint density at radius 3 is 2.38 bits per heavy atom. The molecule has 0 amide bonds. The van der Waals surface area contributed by atoms with Crippen LogP contribution in [0.2, 0.25) is 0 Å². The molecule has 0 atom stereocenters. The summed E-state index contributed by atoms with van der Waals surface area (Å²) in [5.74, 6) is -0.271. The average molecular weight is 115 g/mol. The molecule has 0 spiro atoms. The first-order chi connectivity index (χ1) is 3.72. The van der Waals surface area contributed by atoms with Crippen LogP contribution in [0.25, 0.3) is 0 Å². The minimum atomic E-state index is -0.271. The van der Waals surface area contributed by atoms with Crippen LogP contribution in [-0.4, -0.2) is 12.2 Å². The van der Waals surface area contributed by atoms with Gasteiger partial charge in [0.1, 0.15) is 0 Å². The Labute approximate surface area is 47.7 Å². The number of nitrogens with one attached hydrogen (secondary N) is 2. The van der Waals surface area contributed by atoms with Gasteiger partial charge in [-0.3, -0.25) is 0 Å². The summed E-state index contributed by atoms with van der Waals surface area (Å²) in [4.78, 5) is 0. The van der Waals surface area contributed by atoms with Gasteiger partial charge in [-0.25, -0.2) is 5.53 Å². The molecule has 4 nitrogen and oxygen atoms in total. The zero-order valence-corrected chi connectivity index (χ0v) is 4.89. The van der Waals surface area contributed by atoms with Gasteiger partial charge in [-0.05, 0) is 6.92 Å². The van der Waals surface area contributed by atoms with Gasteiger partial charge >= 0.3 is 0 Å². The van der Waals surface area contributed by atoms with Crippen LogP contribution < -0.4 is 5.32 Å². The first kappa shape index (κ1) is 6.94. The number of hydrogen-bond donors (Lipinski definition) is 3. The largest absolute Gasteiger partial charge is 0.491 e. The summed E-state index contributed by atoms with van der Waals surface area (Å²) in [6, 6.07) is 0. The first-order valence-electron chi connectivity index (χ1n) is 2.17. The molecule has 0 aliphatic rings. The summed E-state index contributed by atoms with van der Waals surface area (Å²) in [5, 5.41) is 14.0. The minimum absolute atomic E-state index is 0.271. The number of rotatable bonds is 2. The third-order valence-corrected chi connectivity index (χ3v) is 0.816. The first-order valence-corrected chi connectivity index (χ1v) is 2.17. The molecule has 0 fully saturated rings. The van der Waals surface area contributed by atoms with E-state index in [0.29, 0.717) is 5.70 Å². The van der Waals surface area contributed by atoms with Gasteiger partial charge in [0.2, 0.25) is 5.88 Å². The Hall–Kier alpha value is -1.06. The normalized spacial score (nSPS) is 12.2. The van der Waals surface area contributed by atoms with Gasteiger partial charge in [-0.1, -0.05) is 0 Å². The molecule has 4 heteroatoms. The monoisotopic (exact) mass is 115 g/mol. The van der Waals surface area contributed by atoms with Crippen LogP contribution in [0.5, 0.6) is 0 Å². The highest BCUT2D eigenvalue weighted by Gasteiger charge is 1.91. The Bertz CT molecular complexity index is 118. The van der Waals surface area contributed by atoms with Gasteiger partial charge in [0.05, 0.1) is 5.70 Å². The lowest BCUT2D eigenvalue weighted by atomic mass is 10.5. The van der Waals surface area contributed by atoms with Crippen molar-refractivity contribution in [2.75, 3.05) is 7.05 Å². The lowest BCUT2D eigenvalue weighted by Gasteiger charge is -1.96. The van der Waals surface area contributed by atoms with Crippen molar-refractivity contribution in [3.63, 3.8) is 0 Å². The summed E-state index contributed by atoms with van der Waals surface area (Å²) in [5.41, 5.74) is 6.82. The molecule has 0 bridgehead atoms. The minimum Gasteiger partial charge on any atom is -0.491 e. The molecule has 0 saturated carbocycles. The van der Waals surface area contributed by atoms with Gasteiger partial charge in [0, 0.05) is 7.05 Å². The number of allylic oxidation sites excluding steroid dienone is 1. The molecule has 0 unspecified atom stereocenters. The predicted molar refractivity (Wildman–Crippen MR) is 29.5 cm³/mol. The van der Waals surface area contributed by atoms with E-state index < -0.39 is 0 Å². The van der Waals surface area contributed by atoms with E-state index in [2.05, 4.69) is 10.4 Å². The van der Waals surface area contributed by atoms with Crippen molar-refractivity contribution in [2.45, 2.75) is 6.92 Å². The zero-order chi connectivity index (χ0) is 6.57. The van der Waals surface area contributed by atoms with E-state index in [1.54, 1.807) is 14.0 Å². The molecule has 0 aliphatic heterocycles. The van der Waals surface area contributed by atoms with Gasteiger partial charge in [-0.2, -0.15) is 0 Å². The highest BCUT2D eigenvalue weighted by Crippen LogP contribution is 1.94. The maximum Gasteiger partial charge on any atom is 0.249 e. The summed E-state index contributed by atoms with van der Waals surface area (Å²) in [7, 11) is 1.65. The summed E-state index contributed by atoms with van der Waals surface area (Å²) in [6.45, 7) is 1.63. The second-order valence-corrected chi connectivity index (χ2v) is 1.31. The number of hydrogen-bond acceptors (Lipinski definition) is 4. The van der Waals surface area contributed by atoms with Crippen molar-refractivity contribution >= 4 is 0 Å². The van der Waals surface area contributed by atoms with Gasteiger partial charge < -0.3 is 10.4 Å². The van der Waals surface area contributed by atoms with Gasteiger partial charge in [0.25, 0.3) is 0 Å². The Morgan fingerprint density at radius 2 is 2.25 bits per heavy atom. The molecular weight excluding hydrogens is 106 g/mol. The van der Waals surface area contributed by atoms with E-state index in [4.69, 9.17) is 10.6 Å². The smallest absolute Gasteiger partial charge is 0.249 e. The van der Waals surface area contributed by atoms with Crippen LogP contribution in [0.4, 0.5) is 0 Å². The van der Waals surface area contributed by atoms with E-state index in [1.165, 1.54) is 0 Å². The van der Waals surface area contributed by atoms with Gasteiger partial charge in [0.15, 0.2) is 0 Å². The molecule has 0 rings (SSSR count). The fourth-order valence-corrected chi connectivity index (χ4v) is 0.196. The number of nitrogens with zero attached hydrogens (tertiary/aromatic N) is 1. The Kier molecular flexibility index (Phi) is 2.61. The number of aliphatic hydroxyl groups is 1. The van der Waals surface area contributed by atoms with Gasteiger partial charge in [-0.15, -0.1) is 5.11 Å². The van der Waals surface area contributed by atoms with Crippen molar-refractivity contribution < 1.29 is 5.11 Å². The molecule has 8 heavy (non-hydrogen) atoms. The van der Waals surface area contributed by atoms with E-state index in [-0.39, 0.29) is 5.88 Å². The maximum atomic E-state index is 8.59.